The first-order valence-electron chi connectivity index (χ1n) is 8.39. The van der Waals surface area contributed by atoms with Crippen LogP contribution in [0.1, 0.15) is 29.6 Å². The molecule has 0 aromatic heterocycles. The maximum atomic E-state index is 11.9. The lowest BCUT2D eigenvalue weighted by atomic mass is 10.2. The molecule has 1 aromatic carbocycles. The summed E-state index contributed by atoms with van der Waals surface area (Å²) in [5.41, 5.74) is 0.370. The fourth-order valence-electron chi connectivity index (χ4n) is 2.11. The second-order valence-electron chi connectivity index (χ2n) is 5.75. The lowest BCUT2D eigenvalue weighted by Crippen LogP contribution is -2.15. The summed E-state index contributed by atoms with van der Waals surface area (Å²) < 4.78 is 21.1. The molecule has 1 aromatic rings. The maximum Gasteiger partial charge on any atom is 0.341 e. The van der Waals surface area contributed by atoms with Crippen LogP contribution in [-0.2, 0) is 9.47 Å². The summed E-state index contributed by atoms with van der Waals surface area (Å²) in [7, 11) is 5.37. The Hall–Kier alpha value is -1.83. The highest BCUT2D eigenvalue weighted by atomic mass is 16.6. The number of benzene rings is 1. The molecule has 0 saturated carbocycles. The summed E-state index contributed by atoms with van der Waals surface area (Å²) in [5.74, 6) is 0.655. The summed E-state index contributed by atoms with van der Waals surface area (Å²) in [5, 5.41) is 8.55. The standard InChI is InChI=1S/C18H29NO6/c1-19(2)9-6-12-24-15-7-8-16(18(21)22-3)17(13-15)25-11-5-4-10-23-14-20/h7-8,13,20H,4-6,9-12,14H2,1-3H3. The Labute approximate surface area is 149 Å². The van der Waals surface area contributed by atoms with Gasteiger partial charge < -0.3 is 29.0 Å². The van der Waals surface area contributed by atoms with Gasteiger partial charge in [0.1, 0.15) is 23.9 Å². The number of hydrogen-bond donors (Lipinski definition) is 1. The molecule has 1 rings (SSSR count). The van der Waals surface area contributed by atoms with Crippen LogP contribution in [0.15, 0.2) is 18.2 Å². The smallest absolute Gasteiger partial charge is 0.341 e. The highest BCUT2D eigenvalue weighted by Gasteiger charge is 2.14. The van der Waals surface area contributed by atoms with Gasteiger partial charge in [0.05, 0.1) is 20.3 Å². The number of esters is 1. The average Bonchev–Trinajstić information content (AvgIpc) is 2.61. The molecule has 25 heavy (non-hydrogen) atoms. The largest absolute Gasteiger partial charge is 0.493 e. The number of unbranched alkanes of at least 4 members (excludes halogenated alkanes) is 1. The van der Waals surface area contributed by atoms with Gasteiger partial charge >= 0.3 is 5.97 Å². The predicted octanol–water partition coefficient (Wildman–Crippen LogP) is 1.93. The van der Waals surface area contributed by atoms with Crippen LogP contribution in [0.5, 0.6) is 11.5 Å². The highest BCUT2D eigenvalue weighted by molar-refractivity contribution is 5.92. The predicted molar refractivity (Wildman–Crippen MR) is 94.2 cm³/mol. The molecule has 7 heteroatoms. The van der Waals surface area contributed by atoms with E-state index in [-0.39, 0.29) is 6.79 Å². The maximum absolute atomic E-state index is 11.9. The molecule has 0 saturated heterocycles. The van der Waals surface area contributed by atoms with Crippen molar-refractivity contribution in [3.8, 4) is 11.5 Å². The van der Waals surface area contributed by atoms with Crippen LogP contribution >= 0.6 is 0 Å². The molecular weight excluding hydrogens is 326 g/mol. The van der Waals surface area contributed by atoms with E-state index in [0.29, 0.717) is 36.9 Å². The van der Waals surface area contributed by atoms with Gasteiger partial charge in [0, 0.05) is 19.2 Å². The lowest BCUT2D eigenvalue weighted by Gasteiger charge is -2.14. The monoisotopic (exact) mass is 355 g/mol. The minimum atomic E-state index is -0.447. The first-order valence-corrected chi connectivity index (χ1v) is 8.39. The number of rotatable bonds is 13. The number of hydrogen-bond acceptors (Lipinski definition) is 7. The molecule has 7 nitrogen and oxygen atoms in total. The third-order valence-electron chi connectivity index (χ3n) is 3.41. The van der Waals surface area contributed by atoms with Gasteiger partial charge in [-0.05, 0) is 45.5 Å². The van der Waals surface area contributed by atoms with E-state index in [1.54, 1.807) is 18.2 Å². The molecule has 0 bridgehead atoms. The van der Waals surface area contributed by atoms with E-state index >= 15 is 0 Å². The molecule has 0 aliphatic heterocycles. The van der Waals surface area contributed by atoms with Gasteiger partial charge in [0.15, 0.2) is 0 Å². The Morgan fingerprint density at radius 3 is 2.48 bits per heavy atom. The van der Waals surface area contributed by atoms with E-state index in [4.69, 9.17) is 24.1 Å². The van der Waals surface area contributed by atoms with E-state index in [2.05, 4.69) is 4.90 Å². The Balaban J connectivity index is 2.59. The van der Waals surface area contributed by atoms with Crippen molar-refractivity contribution in [1.29, 1.82) is 0 Å². The highest BCUT2D eigenvalue weighted by Crippen LogP contribution is 2.26. The zero-order valence-electron chi connectivity index (χ0n) is 15.3. The van der Waals surface area contributed by atoms with Gasteiger partial charge in [0.2, 0.25) is 0 Å². The average molecular weight is 355 g/mol. The summed E-state index contributed by atoms with van der Waals surface area (Å²) in [6.45, 7) is 2.16. The van der Waals surface area contributed by atoms with E-state index in [1.165, 1.54) is 7.11 Å². The third-order valence-corrected chi connectivity index (χ3v) is 3.41. The van der Waals surface area contributed by atoms with E-state index in [9.17, 15) is 4.79 Å². The molecule has 0 heterocycles. The number of methoxy groups -OCH3 is 1. The molecular formula is C18H29NO6. The zero-order valence-corrected chi connectivity index (χ0v) is 15.3. The van der Waals surface area contributed by atoms with Crippen molar-refractivity contribution in [3.05, 3.63) is 23.8 Å². The van der Waals surface area contributed by atoms with Crippen molar-refractivity contribution in [1.82, 2.24) is 4.90 Å². The fourth-order valence-corrected chi connectivity index (χ4v) is 2.11. The molecule has 0 spiro atoms. The third kappa shape index (κ3) is 8.72. The summed E-state index contributed by atoms with van der Waals surface area (Å²) in [6, 6.07) is 5.10. The molecule has 0 radical (unpaired) electrons. The number of nitrogens with zero attached hydrogens (tertiary/aromatic N) is 1. The molecule has 0 fully saturated rings. The lowest BCUT2D eigenvalue weighted by molar-refractivity contribution is -0.00353. The number of aliphatic hydroxyl groups excluding tert-OH is 1. The van der Waals surface area contributed by atoms with Crippen LogP contribution < -0.4 is 9.47 Å². The second-order valence-corrected chi connectivity index (χ2v) is 5.75. The number of ether oxygens (including phenoxy) is 4. The van der Waals surface area contributed by atoms with Gasteiger partial charge in [-0.25, -0.2) is 4.79 Å². The Morgan fingerprint density at radius 2 is 1.80 bits per heavy atom. The minimum Gasteiger partial charge on any atom is -0.493 e. The quantitative estimate of drug-likeness (QED) is 0.329. The first-order chi connectivity index (χ1) is 12.1. The van der Waals surface area contributed by atoms with Crippen molar-refractivity contribution in [2.24, 2.45) is 0 Å². The van der Waals surface area contributed by atoms with Crippen molar-refractivity contribution in [2.75, 3.05) is 54.4 Å². The molecule has 142 valence electrons. The summed E-state index contributed by atoms with van der Waals surface area (Å²) in [6.07, 6.45) is 2.41. The summed E-state index contributed by atoms with van der Waals surface area (Å²) >= 11 is 0. The SMILES string of the molecule is COC(=O)c1ccc(OCCCN(C)C)cc1OCCCCOCO. The normalized spacial score (nSPS) is 10.8. The molecule has 0 unspecified atom stereocenters. The van der Waals surface area contributed by atoms with Crippen LogP contribution in [0.2, 0.25) is 0 Å². The van der Waals surface area contributed by atoms with Crippen molar-refractivity contribution >= 4 is 5.97 Å². The van der Waals surface area contributed by atoms with Crippen molar-refractivity contribution < 1.29 is 28.8 Å². The van der Waals surface area contributed by atoms with E-state index < -0.39 is 5.97 Å². The molecule has 0 aliphatic carbocycles. The van der Waals surface area contributed by atoms with Crippen LogP contribution in [0.4, 0.5) is 0 Å². The van der Waals surface area contributed by atoms with Crippen LogP contribution in [0, 0.1) is 0 Å². The van der Waals surface area contributed by atoms with Crippen molar-refractivity contribution in [3.63, 3.8) is 0 Å². The number of aliphatic hydroxyl groups is 1. The van der Waals surface area contributed by atoms with Crippen LogP contribution in [0.3, 0.4) is 0 Å². The molecule has 0 amide bonds. The Kier molecular flexibility index (Phi) is 10.6. The Morgan fingerprint density at radius 1 is 1.08 bits per heavy atom. The second kappa shape index (κ2) is 12.5. The van der Waals surface area contributed by atoms with Crippen LogP contribution in [-0.4, -0.2) is 70.3 Å². The molecule has 1 N–H and O–H groups in total. The Bertz CT molecular complexity index is 506. The molecule has 0 aliphatic rings. The zero-order chi connectivity index (χ0) is 18.5. The first kappa shape index (κ1) is 21.2. The van der Waals surface area contributed by atoms with Gasteiger partial charge in [-0.1, -0.05) is 0 Å². The van der Waals surface area contributed by atoms with Crippen LogP contribution in [0.25, 0.3) is 0 Å². The van der Waals surface area contributed by atoms with Crippen molar-refractivity contribution in [2.45, 2.75) is 19.3 Å². The topological polar surface area (TPSA) is 77.5 Å². The minimum absolute atomic E-state index is 0.277. The number of carbonyl (C=O) groups is 1. The van der Waals surface area contributed by atoms with Gasteiger partial charge in [0.25, 0.3) is 0 Å². The van der Waals surface area contributed by atoms with Gasteiger partial charge in [-0.2, -0.15) is 0 Å². The van der Waals surface area contributed by atoms with E-state index in [0.717, 1.165) is 25.8 Å². The number of carbonyl (C=O) groups excluding carboxylic acids is 1. The van der Waals surface area contributed by atoms with E-state index in [1.807, 2.05) is 14.1 Å². The summed E-state index contributed by atoms with van der Waals surface area (Å²) in [4.78, 5) is 14.0. The molecule has 0 atom stereocenters. The van der Waals surface area contributed by atoms with Gasteiger partial charge in [-0.15, -0.1) is 0 Å². The fraction of sp³-hybridized carbons (Fsp3) is 0.611. The van der Waals surface area contributed by atoms with Gasteiger partial charge in [-0.3, -0.25) is 0 Å².